The maximum atomic E-state index is 11.3. The van der Waals surface area contributed by atoms with Crippen molar-refractivity contribution in [3.8, 4) is 6.07 Å². The second-order valence-electron chi connectivity index (χ2n) is 4.16. The third-order valence-electron chi connectivity index (χ3n) is 2.59. The minimum Gasteiger partial charge on any atom is -0.478 e. The van der Waals surface area contributed by atoms with Gasteiger partial charge in [0.2, 0.25) is 0 Å². The summed E-state index contributed by atoms with van der Waals surface area (Å²) in [7, 11) is 0. The first-order valence-corrected chi connectivity index (χ1v) is 6.58. The van der Waals surface area contributed by atoms with Gasteiger partial charge in [-0.15, -0.1) is 0 Å². The lowest BCUT2D eigenvalue weighted by Crippen LogP contribution is -2.05. The first-order chi connectivity index (χ1) is 9.51. The normalized spacial score (nSPS) is 10.1. The van der Waals surface area contributed by atoms with E-state index in [1.165, 1.54) is 18.0 Å². The van der Waals surface area contributed by atoms with Crippen molar-refractivity contribution >= 4 is 17.7 Å². The molecule has 2 rings (SSSR count). The van der Waals surface area contributed by atoms with Gasteiger partial charge in [0.15, 0.2) is 0 Å². The Bertz CT molecular complexity index is 706. The van der Waals surface area contributed by atoms with E-state index >= 15 is 0 Å². The molecule has 6 heteroatoms. The van der Waals surface area contributed by atoms with E-state index in [4.69, 9.17) is 5.26 Å². The summed E-state index contributed by atoms with van der Waals surface area (Å²) in [6, 6.07) is 6.99. The second-order valence-corrected chi connectivity index (χ2v) is 5.22. The van der Waals surface area contributed by atoms with Crippen LogP contribution in [0.25, 0.3) is 0 Å². The topological polar surface area (TPSA) is 86.9 Å². The fourth-order valence-electron chi connectivity index (χ4n) is 1.75. The van der Waals surface area contributed by atoms with Crippen molar-refractivity contribution in [2.75, 3.05) is 0 Å². The van der Waals surface area contributed by atoms with Crippen molar-refractivity contribution < 1.29 is 9.90 Å². The summed E-state index contributed by atoms with van der Waals surface area (Å²) < 4.78 is 0. The lowest BCUT2D eigenvalue weighted by Gasteiger charge is -2.09. The Morgan fingerprint density at radius 1 is 1.40 bits per heavy atom. The molecule has 0 bridgehead atoms. The van der Waals surface area contributed by atoms with Crippen molar-refractivity contribution in [2.45, 2.75) is 23.8 Å². The van der Waals surface area contributed by atoms with Crippen LogP contribution in [-0.4, -0.2) is 21.0 Å². The molecule has 0 aliphatic heterocycles. The van der Waals surface area contributed by atoms with Crippen molar-refractivity contribution in [1.29, 1.82) is 5.26 Å². The number of carboxylic acids is 1. The molecular weight excluding hydrogens is 274 g/mol. The van der Waals surface area contributed by atoms with E-state index in [-0.39, 0.29) is 5.56 Å². The summed E-state index contributed by atoms with van der Waals surface area (Å²) in [6.07, 6.45) is 1.54. The number of aromatic nitrogens is 2. The number of hydrogen-bond donors (Lipinski definition) is 1. The summed E-state index contributed by atoms with van der Waals surface area (Å²) in [5, 5.41) is 18.4. The van der Waals surface area contributed by atoms with Gasteiger partial charge in [-0.3, -0.25) is 0 Å². The molecule has 100 valence electrons. The van der Waals surface area contributed by atoms with Gasteiger partial charge in [0.25, 0.3) is 0 Å². The lowest BCUT2D eigenvalue weighted by molar-refractivity contribution is 0.0691. The van der Waals surface area contributed by atoms with Crippen LogP contribution in [0.5, 0.6) is 0 Å². The van der Waals surface area contributed by atoms with Gasteiger partial charge in [-0.2, -0.15) is 5.26 Å². The van der Waals surface area contributed by atoms with E-state index in [9.17, 15) is 9.90 Å². The van der Waals surface area contributed by atoms with Gasteiger partial charge in [0.05, 0.1) is 5.56 Å². The van der Waals surface area contributed by atoms with Gasteiger partial charge >= 0.3 is 5.97 Å². The predicted molar refractivity (Wildman–Crippen MR) is 73.7 cm³/mol. The van der Waals surface area contributed by atoms with Crippen LogP contribution in [0, 0.1) is 25.2 Å². The minimum absolute atomic E-state index is 0.199. The molecule has 0 unspecified atom stereocenters. The number of carboxylic acid groups (broad SMARTS) is 1. The number of carbonyl (C=O) groups is 1. The van der Waals surface area contributed by atoms with Gasteiger partial charge < -0.3 is 5.11 Å². The Morgan fingerprint density at radius 2 is 2.15 bits per heavy atom. The minimum atomic E-state index is -1.00. The van der Waals surface area contributed by atoms with Crippen LogP contribution in [0.3, 0.4) is 0 Å². The van der Waals surface area contributed by atoms with Crippen LogP contribution in [-0.2, 0) is 0 Å². The molecule has 0 aromatic carbocycles. The molecule has 2 aromatic rings. The molecule has 2 heterocycles. The molecule has 5 nitrogen and oxygen atoms in total. The Hall–Kier alpha value is -2.39. The third kappa shape index (κ3) is 2.95. The number of aryl methyl sites for hydroxylation is 2. The number of hydrogen-bond acceptors (Lipinski definition) is 5. The molecule has 0 atom stereocenters. The van der Waals surface area contributed by atoms with Gasteiger partial charge in [-0.1, -0.05) is 11.8 Å². The van der Waals surface area contributed by atoms with Crippen molar-refractivity contribution in [3.05, 3.63) is 46.9 Å². The van der Waals surface area contributed by atoms with Crippen LogP contribution in [0.15, 0.2) is 34.3 Å². The van der Waals surface area contributed by atoms with Crippen LogP contribution >= 0.6 is 11.8 Å². The summed E-state index contributed by atoms with van der Waals surface area (Å²) in [5.74, 6) is -1.00. The van der Waals surface area contributed by atoms with Gasteiger partial charge in [0, 0.05) is 16.8 Å². The summed E-state index contributed by atoms with van der Waals surface area (Å²) in [4.78, 5) is 20.3. The Balaban J connectivity index is 2.42. The highest BCUT2D eigenvalue weighted by Crippen LogP contribution is 2.30. The average molecular weight is 285 g/mol. The van der Waals surface area contributed by atoms with E-state index in [0.717, 1.165) is 10.6 Å². The molecule has 0 amide bonds. The first-order valence-electron chi connectivity index (χ1n) is 5.77. The molecule has 1 N–H and O–H groups in total. The summed E-state index contributed by atoms with van der Waals surface area (Å²) in [6.45, 7) is 3.57. The van der Waals surface area contributed by atoms with E-state index in [1.807, 2.05) is 13.0 Å². The average Bonchev–Trinajstić information content (AvgIpc) is 2.38. The molecule has 2 aromatic heterocycles. The highest BCUT2D eigenvalue weighted by molar-refractivity contribution is 7.99. The zero-order valence-corrected chi connectivity index (χ0v) is 11.7. The molecule has 20 heavy (non-hydrogen) atoms. The number of aromatic carboxylic acids is 1. The fraction of sp³-hybridized carbons (Fsp3) is 0.143. The Labute approximate surface area is 120 Å². The van der Waals surface area contributed by atoms with Gasteiger partial charge in [-0.05, 0) is 37.6 Å². The van der Waals surface area contributed by atoms with E-state index in [2.05, 4.69) is 9.97 Å². The molecule has 0 saturated heterocycles. The Kier molecular flexibility index (Phi) is 4.01. The first kappa shape index (κ1) is 14.0. The zero-order valence-electron chi connectivity index (χ0n) is 10.9. The molecular formula is C14H11N3O2S. The quantitative estimate of drug-likeness (QED) is 0.933. The van der Waals surface area contributed by atoms with Crippen molar-refractivity contribution in [1.82, 2.24) is 9.97 Å². The van der Waals surface area contributed by atoms with Crippen molar-refractivity contribution in [3.63, 3.8) is 0 Å². The number of nitriles is 1. The Morgan fingerprint density at radius 3 is 2.70 bits per heavy atom. The van der Waals surface area contributed by atoms with E-state index in [0.29, 0.717) is 16.3 Å². The smallest absolute Gasteiger partial charge is 0.338 e. The maximum absolute atomic E-state index is 11.3. The van der Waals surface area contributed by atoms with E-state index < -0.39 is 5.97 Å². The number of nitrogens with zero attached hydrogens (tertiary/aromatic N) is 3. The van der Waals surface area contributed by atoms with Gasteiger partial charge in [-0.25, -0.2) is 14.8 Å². The summed E-state index contributed by atoms with van der Waals surface area (Å²) in [5.41, 5.74) is 1.96. The van der Waals surface area contributed by atoms with E-state index in [1.54, 1.807) is 25.1 Å². The number of rotatable bonds is 3. The monoisotopic (exact) mass is 285 g/mol. The molecule has 0 fully saturated rings. The maximum Gasteiger partial charge on any atom is 0.338 e. The molecule has 0 saturated carbocycles. The van der Waals surface area contributed by atoms with Crippen LogP contribution in [0.2, 0.25) is 0 Å². The molecule has 0 aliphatic carbocycles. The SMILES string of the molecule is Cc1cc(C)c(C(=O)O)c(Sc2ccc(C#N)nc2)n1. The standard InChI is InChI=1S/C14H11N3O2S/c1-8-5-9(2)17-13(12(8)14(18)19)20-11-4-3-10(6-15)16-7-11/h3-5,7H,1-2H3,(H,18,19). The highest BCUT2D eigenvalue weighted by atomic mass is 32.2. The third-order valence-corrected chi connectivity index (χ3v) is 3.56. The van der Waals surface area contributed by atoms with Crippen LogP contribution in [0.1, 0.15) is 27.3 Å². The number of pyridine rings is 2. The second kappa shape index (κ2) is 5.72. The highest BCUT2D eigenvalue weighted by Gasteiger charge is 2.16. The molecule has 0 spiro atoms. The summed E-state index contributed by atoms with van der Waals surface area (Å²) >= 11 is 1.23. The zero-order chi connectivity index (χ0) is 14.7. The lowest BCUT2D eigenvalue weighted by atomic mass is 10.1. The van der Waals surface area contributed by atoms with Crippen LogP contribution < -0.4 is 0 Å². The molecule has 0 aliphatic rings. The fourth-order valence-corrected chi connectivity index (χ4v) is 2.76. The molecule has 0 radical (unpaired) electrons. The predicted octanol–water partition coefficient (Wildman–Crippen LogP) is 2.81. The largest absolute Gasteiger partial charge is 0.478 e. The van der Waals surface area contributed by atoms with Crippen molar-refractivity contribution in [2.24, 2.45) is 0 Å². The van der Waals surface area contributed by atoms with Crippen LogP contribution in [0.4, 0.5) is 0 Å². The van der Waals surface area contributed by atoms with Gasteiger partial charge in [0.1, 0.15) is 16.8 Å².